The predicted molar refractivity (Wildman–Crippen MR) is 125 cm³/mol. The molecule has 0 aliphatic carbocycles. The lowest BCUT2D eigenvalue weighted by Crippen LogP contribution is -2.02. The summed E-state index contributed by atoms with van der Waals surface area (Å²) in [6.45, 7) is 9.43. The number of ether oxygens (including phenoxy) is 1. The van der Waals surface area contributed by atoms with E-state index in [1.807, 2.05) is 44.2 Å². The van der Waals surface area contributed by atoms with Gasteiger partial charge in [-0.15, -0.1) is 0 Å². The lowest BCUT2D eigenvalue weighted by molar-refractivity contribution is -0.261. The molecule has 0 radical (unpaired) electrons. The van der Waals surface area contributed by atoms with Gasteiger partial charge in [-0.3, -0.25) is 4.42 Å². The molecule has 32 heavy (non-hydrogen) atoms. The van der Waals surface area contributed by atoms with E-state index < -0.39 is 7.25 Å². The van der Waals surface area contributed by atoms with E-state index in [0.717, 1.165) is 22.7 Å². The van der Waals surface area contributed by atoms with Crippen LogP contribution in [0.3, 0.4) is 0 Å². The van der Waals surface area contributed by atoms with E-state index in [9.17, 15) is 17.3 Å². The summed E-state index contributed by atoms with van der Waals surface area (Å²) < 4.78 is 50.5. The quantitative estimate of drug-likeness (QED) is 0.0778. The van der Waals surface area contributed by atoms with Crippen molar-refractivity contribution in [3.8, 4) is 0 Å². The highest BCUT2D eigenvalue weighted by Gasteiger charge is 2.20. The Balaban J connectivity index is 0.000000920. The highest BCUT2D eigenvalue weighted by Crippen LogP contribution is 2.17. The van der Waals surface area contributed by atoms with Gasteiger partial charge in [-0.25, -0.2) is 0 Å². The fourth-order valence-electron chi connectivity index (χ4n) is 2.55. The molecule has 2 nitrogen and oxygen atoms in total. The summed E-state index contributed by atoms with van der Waals surface area (Å²) in [6, 6.07) is 16.7. The molecule has 0 saturated heterocycles. The highest BCUT2D eigenvalue weighted by atomic mass is 19.5. The zero-order valence-electron chi connectivity index (χ0n) is 18.8. The topological polar surface area (TPSA) is 20.5 Å². The fraction of sp³-hybridized carbons (Fsp3) is 0.240. The van der Waals surface area contributed by atoms with Crippen molar-refractivity contribution in [3.05, 3.63) is 101 Å². The van der Waals surface area contributed by atoms with Crippen LogP contribution in [-0.4, -0.2) is 26.3 Å². The molecule has 0 bridgehead atoms. The molecule has 0 aliphatic heterocycles. The van der Waals surface area contributed by atoms with Gasteiger partial charge in [0.15, 0.2) is 0 Å². The van der Waals surface area contributed by atoms with Gasteiger partial charge in [0.2, 0.25) is 0 Å². The van der Waals surface area contributed by atoms with Crippen LogP contribution in [0.4, 0.5) is 17.3 Å². The van der Waals surface area contributed by atoms with E-state index in [4.69, 9.17) is 9.16 Å². The Morgan fingerprint density at radius 3 is 1.78 bits per heavy atom. The lowest BCUT2D eigenvalue weighted by Gasteiger charge is -2.08. The van der Waals surface area contributed by atoms with Gasteiger partial charge in [-0.2, -0.15) is 0 Å². The number of benzene rings is 2. The second kappa shape index (κ2) is 14.1. The summed E-state index contributed by atoms with van der Waals surface area (Å²) in [7, 11) is -6.00. The number of allylic oxidation sites excluding steroid dienone is 5. The third-order valence-electron chi connectivity index (χ3n) is 3.99. The molecule has 2 aromatic rings. The standard InChI is InChI=1S/C25H29O2.BF4/c1-5-26-24(22-16-12-20(3)13-17-22)10-8-7-9-11-25(27-6-2)23-18-14-21(4)15-19-23;2-1(3,4)5/h7-19H,5-6H2,1-4H3;/q+1;-1/b8-7+,11-9+,24-10+;. The van der Waals surface area contributed by atoms with Crippen LogP contribution < -0.4 is 0 Å². The second-order valence-electron chi connectivity index (χ2n) is 6.73. The van der Waals surface area contributed by atoms with Crippen molar-refractivity contribution in [1.29, 1.82) is 0 Å². The zero-order chi connectivity index (χ0) is 24.0. The van der Waals surface area contributed by atoms with Crippen LogP contribution in [0.15, 0.2) is 78.9 Å². The Labute approximate surface area is 187 Å². The van der Waals surface area contributed by atoms with Crippen LogP contribution in [-0.2, 0) is 4.74 Å². The van der Waals surface area contributed by atoms with Crippen molar-refractivity contribution in [2.45, 2.75) is 27.7 Å². The van der Waals surface area contributed by atoms with E-state index in [1.54, 1.807) is 0 Å². The monoisotopic (exact) mass is 448 g/mol. The summed E-state index contributed by atoms with van der Waals surface area (Å²) in [4.78, 5) is 0. The number of carbonyl (C=O) groups excluding carboxylic acids is 1. The molecule has 0 aromatic heterocycles. The maximum atomic E-state index is 9.75. The average molecular weight is 448 g/mol. The molecule has 0 heterocycles. The van der Waals surface area contributed by atoms with Crippen molar-refractivity contribution in [2.75, 3.05) is 13.2 Å². The summed E-state index contributed by atoms with van der Waals surface area (Å²) in [6.07, 6.45) is 9.94. The van der Waals surface area contributed by atoms with Crippen molar-refractivity contribution in [2.24, 2.45) is 0 Å². The van der Waals surface area contributed by atoms with Gasteiger partial charge in [0.25, 0.3) is 6.61 Å². The summed E-state index contributed by atoms with van der Waals surface area (Å²) in [5.41, 5.74) is 4.64. The summed E-state index contributed by atoms with van der Waals surface area (Å²) >= 11 is 0. The smallest absolute Gasteiger partial charge is 0.493 e. The minimum atomic E-state index is -6.00. The summed E-state index contributed by atoms with van der Waals surface area (Å²) in [5, 5.41) is 0. The molecule has 0 fully saturated rings. The molecule has 2 rings (SSSR count). The van der Waals surface area contributed by atoms with Crippen LogP contribution in [0.2, 0.25) is 0 Å². The van der Waals surface area contributed by atoms with Crippen molar-refractivity contribution in [3.63, 3.8) is 0 Å². The molecule has 0 saturated carbocycles. The molecule has 0 unspecified atom stereocenters. The number of hydrogen-bond donors (Lipinski definition) is 0. The van der Waals surface area contributed by atoms with E-state index in [-0.39, 0.29) is 0 Å². The average Bonchev–Trinajstić information content (AvgIpc) is 2.72. The lowest BCUT2D eigenvalue weighted by atomic mass is 10.1. The van der Waals surface area contributed by atoms with Crippen molar-refractivity contribution >= 4 is 18.8 Å². The molecule has 2 aromatic carbocycles. The first-order chi connectivity index (χ1) is 15.1. The van der Waals surface area contributed by atoms with Crippen LogP contribution in [0.1, 0.15) is 40.5 Å². The van der Waals surface area contributed by atoms with Gasteiger partial charge in [0, 0.05) is 18.6 Å². The first-order valence-electron chi connectivity index (χ1n) is 10.3. The number of aryl methyl sites for hydroxylation is 2. The molecular weight excluding hydrogens is 419 g/mol. The molecule has 0 spiro atoms. The molecule has 0 N–H and O–H groups in total. The number of hydrogen-bond acceptors (Lipinski definition) is 1. The minimum Gasteiger partial charge on any atom is -0.493 e. The summed E-state index contributed by atoms with van der Waals surface area (Å²) in [5.74, 6) is 1.74. The SMILES string of the molecule is CCO/C(=C/C=C/C=C/C(=[O+]CC)c1ccc(C)cc1)c1ccc(C)cc1.F[B-](F)(F)F. The van der Waals surface area contributed by atoms with Crippen LogP contribution in [0, 0.1) is 13.8 Å². The van der Waals surface area contributed by atoms with Gasteiger partial charge in [0.05, 0.1) is 12.2 Å². The second-order valence-corrected chi connectivity index (χ2v) is 6.73. The van der Waals surface area contributed by atoms with E-state index in [1.165, 1.54) is 11.1 Å². The van der Waals surface area contributed by atoms with Crippen LogP contribution >= 0.6 is 0 Å². The Morgan fingerprint density at radius 2 is 1.31 bits per heavy atom. The molecule has 172 valence electrons. The third-order valence-corrected chi connectivity index (χ3v) is 3.99. The van der Waals surface area contributed by atoms with Crippen LogP contribution in [0.25, 0.3) is 5.76 Å². The first kappa shape index (κ1) is 26.9. The molecule has 0 aliphatic rings. The van der Waals surface area contributed by atoms with Crippen molar-refractivity contribution in [1.82, 2.24) is 0 Å². The van der Waals surface area contributed by atoms with E-state index >= 15 is 0 Å². The third kappa shape index (κ3) is 11.9. The Morgan fingerprint density at radius 1 is 0.812 bits per heavy atom. The van der Waals surface area contributed by atoms with Gasteiger partial charge >= 0.3 is 13.0 Å². The number of ketones is 1. The van der Waals surface area contributed by atoms with Gasteiger partial charge in [0.1, 0.15) is 5.76 Å². The van der Waals surface area contributed by atoms with E-state index in [0.29, 0.717) is 13.2 Å². The molecule has 0 amide bonds. The minimum absolute atomic E-state index is 0.638. The Hall–Kier alpha value is -3.09. The van der Waals surface area contributed by atoms with Crippen molar-refractivity contribution < 1.29 is 26.4 Å². The largest absolute Gasteiger partial charge is 0.673 e. The number of halogens is 4. The molecule has 0 atom stereocenters. The Kier molecular flexibility index (Phi) is 11.8. The number of rotatable bonds is 8. The van der Waals surface area contributed by atoms with E-state index in [2.05, 4.69) is 62.4 Å². The predicted octanol–water partition coefficient (Wildman–Crippen LogP) is 7.53. The zero-order valence-corrected chi connectivity index (χ0v) is 18.8. The first-order valence-corrected chi connectivity index (χ1v) is 10.3. The highest BCUT2D eigenvalue weighted by molar-refractivity contribution is 6.50. The van der Waals surface area contributed by atoms with Crippen LogP contribution in [0.5, 0.6) is 0 Å². The Bertz CT molecular complexity index is 920. The fourth-order valence-corrected chi connectivity index (χ4v) is 2.55. The molecule has 7 heteroatoms. The van der Waals surface area contributed by atoms with Gasteiger partial charge in [-0.05, 0) is 39.0 Å². The van der Waals surface area contributed by atoms with Gasteiger partial charge < -0.3 is 22.0 Å². The maximum Gasteiger partial charge on any atom is 0.673 e. The molecular formula is C25H29BF4O2. The maximum absolute atomic E-state index is 9.75. The normalized spacial score (nSPS) is 12.8. The van der Waals surface area contributed by atoms with Gasteiger partial charge in [-0.1, -0.05) is 65.8 Å².